The second kappa shape index (κ2) is 4.99. The third kappa shape index (κ3) is 2.51. The summed E-state index contributed by atoms with van der Waals surface area (Å²) in [5.41, 5.74) is 3.79. The standard InChI is InChI=1S/C14H17N3O2S2/c1-9-6-11-7-10(12-8-20-14(15-2)16-12)4-5-13(11)17(9)21(3,18)19/h4-5,7-9H,6H2,1-3H3,(H,15,16)/t9-/m1/s1. The van der Waals surface area contributed by atoms with Crippen molar-refractivity contribution in [3.8, 4) is 11.3 Å². The number of benzene rings is 1. The maximum absolute atomic E-state index is 11.9. The molecule has 0 saturated carbocycles. The lowest BCUT2D eigenvalue weighted by Crippen LogP contribution is -2.34. The molecular formula is C14H17N3O2S2. The summed E-state index contributed by atoms with van der Waals surface area (Å²) in [7, 11) is -1.39. The first-order valence-corrected chi connectivity index (χ1v) is 9.39. The molecular weight excluding hydrogens is 306 g/mol. The molecule has 1 N–H and O–H groups in total. The van der Waals surface area contributed by atoms with E-state index >= 15 is 0 Å². The summed E-state index contributed by atoms with van der Waals surface area (Å²) in [6, 6.07) is 5.83. The van der Waals surface area contributed by atoms with Crippen molar-refractivity contribution in [2.45, 2.75) is 19.4 Å². The van der Waals surface area contributed by atoms with E-state index in [1.165, 1.54) is 10.6 Å². The number of fused-ring (bicyclic) bond motifs is 1. The molecule has 21 heavy (non-hydrogen) atoms. The predicted molar refractivity (Wildman–Crippen MR) is 87.6 cm³/mol. The molecule has 0 bridgehead atoms. The van der Waals surface area contributed by atoms with E-state index in [4.69, 9.17) is 0 Å². The molecule has 0 aliphatic carbocycles. The molecule has 5 nitrogen and oxygen atoms in total. The minimum absolute atomic E-state index is 0.0337. The summed E-state index contributed by atoms with van der Waals surface area (Å²) in [5.74, 6) is 0. The molecule has 2 heterocycles. The third-order valence-electron chi connectivity index (χ3n) is 3.60. The number of thiazole rings is 1. The number of nitrogens with zero attached hydrogens (tertiary/aromatic N) is 2. The Kier molecular flexibility index (Phi) is 3.41. The van der Waals surface area contributed by atoms with E-state index in [-0.39, 0.29) is 6.04 Å². The predicted octanol–water partition coefficient (Wildman–Crippen LogP) is 2.56. The van der Waals surface area contributed by atoms with Crippen LogP contribution in [-0.2, 0) is 16.4 Å². The summed E-state index contributed by atoms with van der Waals surface area (Å²) in [6.07, 6.45) is 1.99. The number of hydrogen-bond acceptors (Lipinski definition) is 5. The first-order valence-electron chi connectivity index (χ1n) is 6.66. The van der Waals surface area contributed by atoms with Crippen molar-refractivity contribution >= 4 is 32.2 Å². The number of rotatable bonds is 3. The average molecular weight is 323 g/mol. The van der Waals surface area contributed by atoms with Gasteiger partial charge in [0.2, 0.25) is 10.0 Å². The van der Waals surface area contributed by atoms with Gasteiger partial charge in [0.15, 0.2) is 5.13 Å². The lowest BCUT2D eigenvalue weighted by atomic mass is 10.1. The van der Waals surface area contributed by atoms with Crippen molar-refractivity contribution in [1.29, 1.82) is 0 Å². The fourth-order valence-corrected chi connectivity index (χ4v) is 4.73. The van der Waals surface area contributed by atoms with Gasteiger partial charge in [-0.25, -0.2) is 13.4 Å². The first kappa shape index (κ1) is 14.3. The Hall–Kier alpha value is -1.60. The van der Waals surface area contributed by atoms with Gasteiger partial charge in [0.05, 0.1) is 17.6 Å². The van der Waals surface area contributed by atoms with Crippen LogP contribution in [0.25, 0.3) is 11.3 Å². The maximum Gasteiger partial charge on any atom is 0.232 e. The highest BCUT2D eigenvalue weighted by Crippen LogP contribution is 2.37. The van der Waals surface area contributed by atoms with Crippen molar-refractivity contribution in [3.05, 3.63) is 29.1 Å². The van der Waals surface area contributed by atoms with Crippen molar-refractivity contribution in [1.82, 2.24) is 4.98 Å². The van der Waals surface area contributed by atoms with Crippen LogP contribution >= 0.6 is 11.3 Å². The smallest absolute Gasteiger partial charge is 0.232 e. The van der Waals surface area contributed by atoms with E-state index in [9.17, 15) is 8.42 Å². The highest BCUT2D eigenvalue weighted by atomic mass is 32.2. The van der Waals surface area contributed by atoms with E-state index in [0.29, 0.717) is 0 Å². The zero-order valence-corrected chi connectivity index (χ0v) is 13.8. The molecule has 0 radical (unpaired) electrons. The Labute approximate surface area is 128 Å². The van der Waals surface area contributed by atoms with Gasteiger partial charge in [-0.2, -0.15) is 0 Å². The minimum Gasteiger partial charge on any atom is -0.365 e. The van der Waals surface area contributed by atoms with Gasteiger partial charge in [-0.05, 0) is 31.0 Å². The number of nitrogens with one attached hydrogen (secondary N) is 1. The Morgan fingerprint density at radius 2 is 2.19 bits per heavy atom. The van der Waals surface area contributed by atoms with E-state index in [2.05, 4.69) is 10.3 Å². The van der Waals surface area contributed by atoms with Crippen LogP contribution in [0, 0.1) is 0 Å². The van der Waals surface area contributed by atoms with E-state index in [1.807, 2.05) is 37.6 Å². The van der Waals surface area contributed by atoms with Gasteiger partial charge in [-0.3, -0.25) is 4.31 Å². The monoisotopic (exact) mass is 323 g/mol. The van der Waals surface area contributed by atoms with Crippen molar-refractivity contribution in [3.63, 3.8) is 0 Å². The Bertz CT molecular complexity index is 783. The molecule has 1 atom stereocenters. The van der Waals surface area contributed by atoms with Crippen molar-refractivity contribution in [2.24, 2.45) is 0 Å². The lowest BCUT2D eigenvalue weighted by molar-refractivity contribution is 0.590. The van der Waals surface area contributed by atoms with Gasteiger partial charge < -0.3 is 5.32 Å². The van der Waals surface area contributed by atoms with Crippen molar-refractivity contribution < 1.29 is 8.42 Å². The summed E-state index contributed by atoms with van der Waals surface area (Å²) >= 11 is 1.55. The first-order chi connectivity index (χ1) is 9.90. The SMILES string of the molecule is CNc1nc(-c2ccc3c(c2)C[C@@H](C)N3S(C)(=O)=O)cs1. The lowest BCUT2D eigenvalue weighted by Gasteiger charge is -2.21. The molecule has 1 aromatic carbocycles. The molecule has 7 heteroatoms. The average Bonchev–Trinajstić information content (AvgIpc) is 2.99. The molecule has 112 valence electrons. The van der Waals surface area contributed by atoms with Gasteiger partial charge >= 0.3 is 0 Å². The molecule has 0 saturated heterocycles. The number of sulfonamides is 1. The molecule has 1 aliphatic rings. The molecule has 0 fully saturated rings. The van der Waals surface area contributed by atoms with Gasteiger partial charge in [-0.1, -0.05) is 6.07 Å². The topological polar surface area (TPSA) is 62.3 Å². The van der Waals surface area contributed by atoms with Crippen molar-refractivity contribution in [2.75, 3.05) is 22.9 Å². The molecule has 2 aromatic rings. The van der Waals surface area contributed by atoms with Crippen LogP contribution in [-0.4, -0.2) is 32.7 Å². The van der Waals surface area contributed by atoms with Crippen LogP contribution in [0.1, 0.15) is 12.5 Å². The van der Waals surface area contributed by atoms with Crippen LogP contribution in [0.15, 0.2) is 23.6 Å². The summed E-state index contributed by atoms with van der Waals surface area (Å²) < 4.78 is 25.3. The zero-order chi connectivity index (χ0) is 15.2. The highest BCUT2D eigenvalue weighted by molar-refractivity contribution is 7.92. The highest BCUT2D eigenvalue weighted by Gasteiger charge is 2.32. The van der Waals surface area contributed by atoms with Crippen LogP contribution in [0.2, 0.25) is 0 Å². The maximum atomic E-state index is 11.9. The second-order valence-corrected chi connectivity index (χ2v) is 7.96. The molecule has 0 spiro atoms. The normalized spacial score (nSPS) is 17.9. The number of anilines is 2. The molecule has 1 aromatic heterocycles. The van der Waals surface area contributed by atoms with Crippen LogP contribution in [0.4, 0.5) is 10.8 Å². The minimum atomic E-state index is -3.23. The summed E-state index contributed by atoms with van der Waals surface area (Å²) in [5, 5.41) is 5.90. The van der Waals surface area contributed by atoms with Gasteiger partial charge in [0, 0.05) is 24.0 Å². The fraction of sp³-hybridized carbons (Fsp3) is 0.357. The zero-order valence-electron chi connectivity index (χ0n) is 12.1. The van der Waals surface area contributed by atoms with E-state index in [0.717, 1.165) is 34.1 Å². The van der Waals surface area contributed by atoms with Crippen LogP contribution in [0.3, 0.4) is 0 Å². The Morgan fingerprint density at radius 1 is 1.43 bits per heavy atom. The molecule has 3 rings (SSSR count). The largest absolute Gasteiger partial charge is 0.365 e. The van der Waals surface area contributed by atoms with Gasteiger partial charge in [-0.15, -0.1) is 11.3 Å². The van der Waals surface area contributed by atoms with E-state index < -0.39 is 10.0 Å². The quantitative estimate of drug-likeness (QED) is 0.943. The van der Waals surface area contributed by atoms with Gasteiger partial charge in [0.25, 0.3) is 0 Å². The van der Waals surface area contributed by atoms with Gasteiger partial charge in [0.1, 0.15) is 0 Å². The summed E-state index contributed by atoms with van der Waals surface area (Å²) in [6.45, 7) is 1.93. The second-order valence-electron chi connectivity index (χ2n) is 5.24. The third-order valence-corrected chi connectivity index (χ3v) is 5.73. The molecule has 0 amide bonds. The van der Waals surface area contributed by atoms with Crippen LogP contribution < -0.4 is 9.62 Å². The van der Waals surface area contributed by atoms with E-state index in [1.54, 1.807) is 11.3 Å². The Balaban J connectivity index is 2.02. The summed E-state index contributed by atoms with van der Waals surface area (Å²) in [4.78, 5) is 4.49. The Morgan fingerprint density at radius 3 is 2.81 bits per heavy atom. The number of aromatic nitrogens is 1. The molecule has 1 aliphatic heterocycles. The van der Waals surface area contributed by atoms with Crippen LogP contribution in [0.5, 0.6) is 0 Å². The molecule has 0 unspecified atom stereocenters. The number of hydrogen-bond donors (Lipinski definition) is 1. The fourth-order valence-electron chi connectivity index (χ4n) is 2.79.